The van der Waals surface area contributed by atoms with Crippen LogP contribution in [0.4, 0.5) is 9.93 Å². The van der Waals surface area contributed by atoms with Crippen LogP contribution in [0.15, 0.2) is 35.7 Å². The Bertz CT molecular complexity index is 620. The zero-order valence-electron chi connectivity index (χ0n) is 12.7. The van der Waals surface area contributed by atoms with Crippen LogP contribution in [0.1, 0.15) is 11.3 Å². The monoisotopic (exact) mass is 316 g/mol. The lowest BCUT2D eigenvalue weighted by Gasteiger charge is -2.34. The third-order valence-electron chi connectivity index (χ3n) is 3.73. The number of carbonyl (C=O) groups is 1. The minimum atomic E-state index is 0.0128. The minimum absolute atomic E-state index is 0.0128. The second-order valence-electron chi connectivity index (χ2n) is 5.39. The van der Waals surface area contributed by atoms with Crippen LogP contribution in [0, 0.1) is 6.92 Å². The van der Waals surface area contributed by atoms with Gasteiger partial charge in [0.25, 0.3) is 0 Å². The van der Waals surface area contributed by atoms with Gasteiger partial charge in [0, 0.05) is 38.1 Å². The number of aryl methyl sites for hydroxylation is 1. The van der Waals surface area contributed by atoms with Crippen molar-refractivity contribution < 1.29 is 4.79 Å². The molecule has 0 spiro atoms. The van der Waals surface area contributed by atoms with Gasteiger partial charge in [-0.25, -0.2) is 9.78 Å². The number of thiazole rings is 1. The third-order valence-corrected chi connectivity index (χ3v) is 4.75. The molecule has 1 fully saturated rings. The zero-order chi connectivity index (χ0) is 15.4. The molecule has 6 heteroatoms. The molecule has 1 aliphatic heterocycles. The van der Waals surface area contributed by atoms with Crippen molar-refractivity contribution in [2.24, 2.45) is 0 Å². The summed E-state index contributed by atoms with van der Waals surface area (Å²) >= 11 is 1.67. The van der Waals surface area contributed by atoms with Crippen molar-refractivity contribution in [3.05, 3.63) is 47.0 Å². The van der Waals surface area contributed by atoms with Crippen molar-refractivity contribution in [1.82, 2.24) is 15.2 Å². The lowest BCUT2D eigenvalue weighted by Crippen LogP contribution is -2.51. The molecule has 0 radical (unpaired) electrons. The van der Waals surface area contributed by atoms with Gasteiger partial charge in [0.05, 0.1) is 5.69 Å². The maximum absolute atomic E-state index is 12.2. The van der Waals surface area contributed by atoms with E-state index in [-0.39, 0.29) is 6.03 Å². The number of nitrogens with one attached hydrogen (secondary N) is 1. The summed E-state index contributed by atoms with van der Waals surface area (Å²) in [7, 11) is 0. The predicted molar refractivity (Wildman–Crippen MR) is 89.3 cm³/mol. The number of carbonyl (C=O) groups excluding carboxylic acids is 1. The molecule has 1 N–H and O–H groups in total. The fourth-order valence-corrected chi connectivity index (χ4v) is 3.33. The zero-order valence-corrected chi connectivity index (χ0v) is 13.5. The molecule has 0 atom stereocenters. The second-order valence-corrected chi connectivity index (χ2v) is 6.23. The largest absolute Gasteiger partial charge is 0.345 e. The number of urea groups is 1. The summed E-state index contributed by atoms with van der Waals surface area (Å²) < 4.78 is 0. The van der Waals surface area contributed by atoms with Crippen molar-refractivity contribution in [3.63, 3.8) is 0 Å². The number of rotatable bonds is 3. The van der Waals surface area contributed by atoms with Gasteiger partial charge < -0.3 is 15.1 Å². The van der Waals surface area contributed by atoms with E-state index in [4.69, 9.17) is 0 Å². The molecule has 0 bridgehead atoms. The normalized spacial score (nSPS) is 15.0. The Labute approximate surface area is 134 Å². The number of piperazine rings is 1. The van der Waals surface area contributed by atoms with Gasteiger partial charge in [-0.1, -0.05) is 30.3 Å². The van der Waals surface area contributed by atoms with E-state index in [1.807, 2.05) is 42.2 Å². The fraction of sp³-hybridized carbons (Fsp3) is 0.375. The number of aromatic nitrogens is 1. The maximum atomic E-state index is 12.2. The summed E-state index contributed by atoms with van der Waals surface area (Å²) in [6, 6.07) is 9.99. The first-order chi connectivity index (χ1) is 10.7. The van der Waals surface area contributed by atoms with Crippen LogP contribution in [-0.2, 0) is 6.54 Å². The smallest absolute Gasteiger partial charge is 0.317 e. The van der Waals surface area contributed by atoms with E-state index in [9.17, 15) is 4.79 Å². The molecule has 2 aromatic rings. The van der Waals surface area contributed by atoms with Crippen LogP contribution >= 0.6 is 11.3 Å². The van der Waals surface area contributed by atoms with E-state index in [0.29, 0.717) is 6.54 Å². The number of anilines is 1. The van der Waals surface area contributed by atoms with Gasteiger partial charge in [-0.05, 0) is 12.5 Å². The van der Waals surface area contributed by atoms with Crippen LogP contribution in [0.2, 0.25) is 0 Å². The van der Waals surface area contributed by atoms with E-state index in [1.165, 1.54) is 0 Å². The van der Waals surface area contributed by atoms with Crippen LogP contribution < -0.4 is 10.2 Å². The maximum Gasteiger partial charge on any atom is 0.317 e. The summed E-state index contributed by atoms with van der Waals surface area (Å²) in [5, 5.41) is 6.10. The molecule has 0 saturated carbocycles. The Morgan fingerprint density at radius 3 is 2.59 bits per heavy atom. The summed E-state index contributed by atoms with van der Waals surface area (Å²) in [5.74, 6) is 0. The quantitative estimate of drug-likeness (QED) is 0.946. The Balaban J connectivity index is 1.47. The fourth-order valence-electron chi connectivity index (χ4n) is 2.47. The summed E-state index contributed by atoms with van der Waals surface area (Å²) in [4.78, 5) is 20.8. The molecule has 1 saturated heterocycles. The number of benzene rings is 1. The molecule has 0 aliphatic carbocycles. The van der Waals surface area contributed by atoms with Crippen LogP contribution in [0.3, 0.4) is 0 Å². The van der Waals surface area contributed by atoms with Crippen LogP contribution in [0.5, 0.6) is 0 Å². The Kier molecular flexibility index (Phi) is 4.58. The van der Waals surface area contributed by atoms with Crippen molar-refractivity contribution in [1.29, 1.82) is 0 Å². The van der Waals surface area contributed by atoms with Gasteiger partial charge >= 0.3 is 6.03 Å². The standard InChI is InChI=1S/C16H20N4OS/c1-13-12-22-16(18-13)20-9-7-19(8-10-20)15(21)17-11-14-5-3-2-4-6-14/h2-6,12H,7-11H2,1H3,(H,17,21). The SMILES string of the molecule is Cc1csc(N2CCN(C(=O)NCc3ccccc3)CC2)n1. The van der Waals surface area contributed by atoms with E-state index in [1.54, 1.807) is 11.3 Å². The van der Waals surface area contributed by atoms with Gasteiger partial charge in [-0.15, -0.1) is 11.3 Å². The van der Waals surface area contributed by atoms with Crippen LogP contribution in [0.25, 0.3) is 0 Å². The van der Waals surface area contributed by atoms with E-state index < -0.39 is 0 Å². The predicted octanol–water partition coefficient (Wildman–Crippen LogP) is 2.48. The van der Waals surface area contributed by atoms with Crippen molar-refractivity contribution in [2.75, 3.05) is 31.1 Å². The van der Waals surface area contributed by atoms with Gasteiger partial charge in [0.15, 0.2) is 5.13 Å². The highest BCUT2D eigenvalue weighted by atomic mass is 32.1. The number of hydrogen-bond donors (Lipinski definition) is 1. The first-order valence-corrected chi connectivity index (χ1v) is 8.34. The molecule has 1 aliphatic rings. The van der Waals surface area contributed by atoms with Gasteiger partial charge in [0.2, 0.25) is 0 Å². The number of nitrogens with zero attached hydrogens (tertiary/aromatic N) is 3. The first kappa shape index (κ1) is 14.8. The van der Waals surface area contributed by atoms with Gasteiger partial charge in [-0.3, -0.25) is 0 Å². The molecule has 2 amide bonds. The highest BCUT2D eigenvalue weighted by Crippen LogP contribution is 2.21. The van der Waals surface area contributed by atoms with Gasteiger partial charge in [0.1, 0.15) is 0 Å². The first-order valence-electron chi connectivity index (χ1n) is 7.46. The molecule has 5 nitrogen and oxygen atoms in total. The van der Waals surface area contributed by atoms with Crippen molar-refractivity contribution >= 4 is 22.5 Å². The third kappa shape index (κ3) is 3.57. The van der Waals surface area contributed by atoms with E-state index >= 15 is 0 Å². The molecule has 116 valence electrons. The molecule has 1 aromatic carbocycles. The lowest BCUT2D eigenvalue weighted by molar-refractivity contribution is 0.194. The number of hydrogen-bond acceptors (Lipinski definition) is 4. The summed E-state index contributed by atoms with van der Waals surface area (Å²) in [5.41, 5.74) is 2.18. The van der Waals surface area contributed by atoms with E-state index in [0.717, 1.165) is 42.6 Å². The van der Waals surface area contributed by atoms with Crippen molar-refractivity contribution in [2.45, 2.75) is 13.5 Å². The highest BCUT2D eigenvalue weighted by Gasteiger charge is 2.22. The van der Waals surface area contributed by atoms with Gasteiger partial charge in [-0.2, -0.15) is 0 Å². The van der Waals surface area contributed by atoms with E-state index in [2.05, 4.69) is 20.6 Å². The summed E-state index contributed by atoms with van der Waals surface area (Å²) in [6.07, 6.45) is 0. The Morgan fingerprint density at radius 1 is 1.23 bits per heavy atom. The average molecular weight is 316 g/mol. The molecule has 1 aromatic heterocycles. The highest BCUT2D eigenvalue weighted by molar-refractivity contribution is 7.13. The molecule has 0 unspecified atom stereocenters. The number of amides is 2. The molecule has 22 heavy (non-hydrogen) atoms. The minimum Gasteiger partial charge on any atom is -0.345 e. The molecular weight excluding hydrogens is 296 g/mol. The average Bonchev–Trinajstić information content (AvgIpc) is 3.00. The van der Waals surface area contributed by atoms with Crippen molar-refractivity contribution in [3.8, 4) is 0 Å². The molecule has 3 rings (SSSR count). The molecular formula is C16H20N4OS. The Hall–Kier alpha value is -2.08. The second kappa shape index (κ2) is 6.79. The topological polar surface area (TPSA) is 48.5 Å². The molecule has 2 heterocycles. The summed E-state index contributed by atoms with van der Waals surface area (Å²) in [6.45, 7) is 5.73. The Morgan fingerprint density at radius 2 is 1.95 bits per heavy atom. The van der Waals surface area contributed by atoms with Crippen LogP contribution in [-0.4, -0.2) is 42.1 Å². The lowest BCUT2D eigenvalue weighted by atomic mass is 10.2.